The van der Waals surface area contributed by atoms with Gasteiger partial charge in [-0.25, -0.2) is 4.79 Å². The quantitative estimate of drug-likeness (QED) is 0.0146. The lowest BCUT2D eigenvalue weighted by Gasteiger charge is -2.27. The highest BCUT2D eigenvalue weighted by Crippen LogP contribution is 2.11. The van der Waals surface area contributed by atoms with Crippen LogP contribution in [0.4, 0.5) is 0 Å². The van der Waals surface area contributed by atoms with E-state index in [0.29, 0.717) is 6.42 Å². The number of carbonyl (C=O) groups excluding carboxylic acids is 8. The van der Waals surface area contributed by atoms with E-state index in [9.17, 15) is 58.2 Å². The van der Waals surface area contributed by atoms with E-state index in [0.717, 1.165) is 0 Å². The summed E-state index contributed by atoms with van der Waals surface area (Å²) in [5.41, 5.74) is 16.6. The van der Waals surface area contributed by atoms with E-state index in [-0.39, 0.29) is 74.0 Å². The zero-order chi connectivity index (χ0) is 52.4. The molecule has 68 heavy (non-hydrogen) atoms. The highest BCUT2D eigenvalue weighted by Gasteiger charge is 2.33. The van der Waals surface area contributed by atoms with Gasteiger partial charge < -0.3 is 69.9 Å². The molecule has 0 unspecified atom stereocenters. The molecule has 0 bridgehead atoms. The van der Waals surface area contributed by atoms with Crippen LogP contribution in [0.5, 0.6) is 0 Å². The number of aliphatic carboxylic acids is 2. The number of nitrogens with one attached hydrogen (secondary N) is 8. The Morgan fingerprint density at radius 3 is 1.40 bits per heavy atom. The minimum absolute atomic E-state index is 0.0118. The van der Waals surface area contributed by atoms with Crippen LogP contribution >= 0.6 is 12.6 Å². The smallest absolute Gasteiger partial charge is 0.326 e. The molecule has 0 aliphatic heterocycles. The fraction of sp³-hybridized carbons (Fsp3) is 0.744. The number of carbonyl (C=O) groups is 10. The Morgan fingerprint density at radius 2 is 0.941 bits per heavy atom. The van der Waals surface area contributed by atoms with Crippen molar-refractivity contribution in [1.29, 1.82) is 0 Å². The topological polar surface area (TPSA) is 398 Å². The first-order valence-electron chi connectivity index (χ1n) is 22.8. The van der Waals surface area contributed by atoms with Crippen LogP contribution in [0.1, 0.15) is 114 Å². The van der Waals surface area contributed by atoms with Crippen molar-refractivity contribution in [1.82, 2.24) is 42.5 Å². The summed E-state index contributed by atoms with van der Waals surface area (Å²) in [4.78, 5) is 133. The van der Waals surface area contributed by atoms with Crippen LogP contribution in [0, 0.1) is 23.7 Å². The Morgan fingerprint density at radius 1 is 0.515 bits per heavy atom. The summed E-state index contributed by atoms with van der Waals surface area (Å²) in [5, 5.41) is 38.9. The molecule has 8 amide bonds. The highest BCUT2D eigenvalue weighted by molar-refractivity contribution is 7.80. The molecular weight excluding hydrogens is 909 g/mol. The number of thiol groups is 1. The third kappa shape index (κ3) is 26.6. The number of nitrogens with zero attached hydrogens (tertiary/aromatic N) is 1. The van der Waals surface area contributed by atoms with Crippen molar-refractivity contribution in [2.45, 2.75) is 162 Å². The third-order valence-corrected chi connectivity index (χ3v) is 10.3. The number of carboxylic acids is 2. The standard InChI is InChI=1S/C43H78N12O12S/c1-21(2)15-26(44)36(60)53-31(18-24(7)8)41(65)55-32(20-68)37(61)48-19-33(56)50-29(16-22(3)4)40(64)54-30(17-23(5)6)39(63)49-25(9)35(59)51-27(12-13-34(57)58)38(62)52-28(42(66)67)11-10-14-47-43(45)46/h21-32,68H,10-20,44H2,1-9H3,(H,48,61)(H,49,63)(H,50,56)(H,51,59)(H,52,62)(H,53,60)(H,54,64)(H,55,65)(H,57,58)(H,66,67)(H4,45,46,47)/t25-,26-,27-,28-,29-,30-,31-,32-/m0/s1. The molecule has 0 aliphatic carbocycles. The fourth-order valence-corrected chi connectivity index (χ4v) is 6.78. The van der Waals surface area contributed by atoms with Crippen molar-refractivity contribution >= 4 is 77.8 Å². The molecule has 0 radical (unpaired) electrons. The molecule has 0 aromatic heterocycles. The van der Waals surface area contributed by atoms with E-state index in [2.05, 4.69) is 60.2 Å². The molecule has 24 nitrogen and oxygen atoms in total. The van der Waals surface area contributed by atoms with Crippen LogP contribution in [0.2, 0.25) is 0 Å². The Kier molecular flexibility index (Phi) is 29.4. The number of hydrogen-bond donors (Lipinski definition) is 14. The second kappa shape index (κ2) is 32.1. The number of amides is 8. The molecule has 0 aromatic carbocycles. The maximum Gasteiger partial charge on any atom is 0.326 e. The van der Waals surface area contributed by atoms with Crippen molar-refractivity contribution in [3.05, 3.63) is 0 Å². The van der Waals surface area contributed by atoms with Crippen LogP contribution in [0.15, 0.2) is 4.99 Å². The lowest BCUT2D eigenvalue weighted by molar-refractivity contribution is -0.143. The number of rotatable bonds is 33. The summed E-state index contributed by atoms with van der Waals surface area (Å²) in [5.74, 6) is -9.41. The maximum absolute atomic E-state index is 13.7. The molecule has 0 rings (SSSR count). The van der Waals surface area contributed by atoms with Gasteiger partial charge in [0.2, 0.25) is 47.3 Å². The molecule has 0 aliphatic rings. The van der Waals surface area contributed by atoms with Gasteiger partial charge in [-0.2, -0.15) is 12.6 Å². The van der Waals surface area contributed by atoms with E-state index >= 15 is 0 Å². The van der Waals surface area contributed by atoms with E-state index in [1.807, 2.05) is 27.7 Å². The van der Waals surface area contributed by atoms with Gasteiger partial charge in [0.1, 0.15) is 42.3 Å². The van der Waals surface area contributed by atoms with Gasteiger partial charge in [-0.3, -0.25) is 48.1 Å². The summed E-state index contributed by atoms with van der Waals surface area (Å²) in [7, 11) is 0. The molecule has 0 fully saturated rings. The van der Waals surface area contributed by atoms with Gasteiger partial charge >= 0.3 is 11.9 Å². The van der Waals surface area contributed by atoms with Crippen LogP contribution in [-0.4, -0.2) is 143 Å². The minimum Gasteiger partial charge on any atom is -0.481 e. The summed E-state index contributed by atoms with van der Waals surface area (Å²) in [6, 6.07) is -9.78. The van der Waals surface area contributed by atoms with Crippen LogP contribution in [0.25, 0.3) is 0 Å². The number of nitrogens with two attached hydrogens (primary N) is 3. The molecular formula is C43H78N12O12S. The molecule has 0 spiro atoms. The molecule has 16 N–H and O–H groups in total. The van der Waals surface area contributed by atoms with Crippen LogP contribution in [0.3, 0.4) is 0 Å². The summed E-state index contributed by atoms with van der Waals surface area (Å²) in [6.07, 6.45) is -0.0850. The maximum atomic E-state index is 13.7. The van der Waals surface area contributed by atoms with E-state index < -0.39 is 127 Å². The van der Waals surface area contributed by atoms with Crippen LogP contribution < -0.4 is 59.7 Å². The third-order valence-electron chi connectivity index (χ3n) is 9.93. The summed E-state index contributed by atoms with van der Waals surface area (Å²) in [6.45, 7) is 15.4. The monoisotopic (exact) mass is 987 g/mol. The SMILES string of the molecule is CC(C)C[C@H](NC(=O)CNC(=O)[C@H](CS)NC(=O)[C@H](CC(C)C)NC(=O)[C@@H](N)CC(C)C)C(=O)N[C@@H](CC(C)C)C(=O)N[C@@H](C)C(=O)N[C@@H](CCC(=O)O)C(=O)N[C@@H](CCCN=C(N)N)C(=O)O. The van der Waals surface area contributed by atoms with Crippen molar-refractivity contribution in [3.63, 3.8) is 0 Å². The number of guanidine groups is 1. The predicted molar refractivity (Wildman–Crippen MR) is 256 cm³/mol. The highest BCUT2D eigenvalue weighted by atomic mass is 32.1. The van der Waals surface area contributed by atoms with Crippen LogP contribution in [-0.2, 0) is 47.9 Å². The number of hydrogen-bond acceptors (Lipinski definition) is 13. The zero-order valence-electron chi connectivity index (χ0n) is 40.8. The predicted octanol–water partition coefficient (Wildman–Crippen LogP) is -2.04. The van der Waals surface area contributed by atoms with Gasteiger partial charge in [0.25, 0.3) is 0 Å². The van der Waals surface area contributed by atoms with Crippen molar-refractivity contribution in [2.24, 2.45) is 45.9 Å². The van der Waals surface area contributed by atoms with Gasteiger partial charge in [0, 0.05) is 18.7 Å². The lowest BCUT2D eigenvalue weighted by Crippen LogP contribution is -2.59. The Hall–Kier alpha value is -5.72. The second-order valence-electron chi connectivity index (χ2n) is 18.4. The van der Waals surface area contributed by atoms with E-state index in [4.69, 9.17) is 17.2 Å². The summed E-state index contributed by atoms with van der Waals surface area (Å²) < 4.78 is 0. The van der Waals surface area contributed by atoms with Crippen molar-refractivity contribution < 1.29 is 58.2 Å². The largest absolute Gasteiger partial charge is 0.481 e. The molecule has 0 saturated carbocycles. The molecule has 0 saturated heterocycles. The number of aliphatic imine (C=N–C) groups is 1. The van der Waals surface area contributed by atoms with Gasteiger partial charge in [-0.1, -0.05) is 55.4 Å². The average Bonchev–Trinajstić information content (AvgIpc) is 3.22. The first-order valence-corrected chi connectivity index (χ1v) is 23.5. The Bertz CT molecular complexity index is 1740. The van der Waals surface area contributed by atoms with E-state index in [1.54, 1.807) is 27.7 Å². The fourth-order valence-electron chi connectivity index (χ4n) is 6.52. The van der Waals surface area contributed by atoms with Gasteiger partial charge in [-0.15, -0.1) is 0 Å². The summed E-state index contributed by atoms with van der Waals surface area (Å²) >= 11 is 4.19. The lowest BCUT2D eigenvalue weighted by atomic mass is 10.00. The first kappa shape index (κ1) is 62.3. The second-order valence-corrected chi connectivity index (χ2v) is 18.8. The van der Waals surface area contributed by atoms with Crippen molar-refractivity contribution in [3.8, 4) is 0 Å². The average molecular weight is 987 g/mol. The molecule has 0 aromatic rings. The molecule has 25 heteroatoms. The first-order chi connectivity index (χ1) is 31.6. The zero-order valence-corrected chi connectivity index (χ0v) is 41.7. The Balaban J connectivity index is 5.89. The van der Waals surface area contributed by atoms with Gasteiger partial charge in [0.15, 0.2) is 5.96 Å². The van der Waals surface area contributed by atoms with E-state index in [1.165, 1.54) is 6.92 Å². The molecule has 388 valence electrons. The Labute approximate surface area is 404 Å². The normalized spacial score (nSPS) is 14.8. The minimum atomic E-state index is -1.52. The molecule has 0 heterocycles. The number of carboxylic acid groups (broad SMARTS) is 2. The van der Waals surface area contributed by atoms with Gasteiger partial charge in [-0.05, 0) is 75.5 Å². The van der Waals surface area contributed by atoms with Gasteiger partial charge in [0.05, 0.1) is 12.6 Å². The van der Waals surface area contributed by atoms with Crippen molar-refractivity contribution in [2.75, 3.05) is 18.8 Å². The molecule has 8 atom stereocenters.